The topological polar surface area (TPSA) is 50.7 Å². The average Bonchev–Trinajstić information content (AvgIpc) is 2.31. The zero-order chi connectivity index (χ0) is 11.5. The fourth-order valence-electron chi connectivity index (χ4n) is 1.30. The van der Waals surface area contributed by atoms with Crippen LogP contribution in [0.4, 0.5) is 10.3 Å². The normalized spacial score (nSPS) is 10.2. The molecule has 0 amide bonds. The maximum Gasteiger partial charge on any atom is 0.223 e. The summed E-state index contributed by atoms with van der Waals surface area (Å²) in [5.74, 6) is -0.0679. The highest BCUT2D eigenvalue weighted by Crippen LogP contribution is 2.20. The fraction of sp³-hybridized carbons (Fsp3) is 0.182. The minimum absolute atomic E-state index is 0.256. The molecule has 2 aromatic rings. The van der Waals surface area contributed by atoms with Crippen LogP contribution in [0.3, 0.4) is 0 Å². The molecule has 2 heterocycles. The van der Waals surface area contributed by atoms with Gasteiger partial charge in [-0.3, -0.25) is 4.98 Å². The Morgan fingerprint density at radius 3 is 2.62 bits per heavy atom. The van der Waals surface area contributed by atoms with E-state index in [1.807, 2.05) is 13.0 Å². The van der Waals surface area contributed by atoms with Crippen LogP contribution in [0.5, 0.6) is 0 Å². The highest BCUT2D eigenvalue weighted by atomic mass is 19.1. The van der Waals surface area contributed by atoms with Crippen LogP contribution in [-0.4, -0.2) is 22.0 Å². The van der Waals surface area contributed by atoms with Gasteiger partial charge in [0.15, 0.2) is 5.82 Å². The van der Waals surface area contributed by atoms with Gasteiger partial charge in [0.05, 0.1) is 6.20 Å². The molecule has 16 heavy (non-hydrogen) atoms. The quantitative estimate of drug-likeness (QED) is 0.837. The molecule has 82 valence electrons. The van der Waals surface area contributed by atoms with Crippen LogP contribution in [0.1, 0.15) is 5.69 Å². The maximum absolute atomic E-state index is 13.5. The molecule has 0 saturated heterocycles. The standard InChI is InChI=1S/C11H11FN4/c1-7-3-4-8(5-14-7)10-9(12)6-15-11(13-2)16-10/h3-6H,1-2H3,(H,13,15,16). The number of nitrogens with zero attached hydrogens (tertiary/aromatic N) is 3. The molecule has 0 unspecified atom stereocenters. The average molecular weight is 218 g/mol. The Balaban J connectivity index is 2.50. The van der Waals surface area contributed by atoms with E-state index >= 15 is 0 Å². The van der Waals surface area contributed by atoms with Crippen molar-refractivity contribution in [1.29, 1.82) is 0 Å². The number of nitrogens with one attached hydrogen (secondary N) is 1. The van der Waals surface area contributed by atoms with E-state index in [4.69, 9.17) is 0 Å². The Morgan fingerprint density at radius 1 is 1.19 bits per heavy atom. The van der Waals surface area contributed by atoms with Crippen LogP contribution in [0, 0.1) is 12.7 Å². The Labute approximate surface area is 92.6 Å². The molecule has 0 atom stereocenters. The summed E-state index contributed by atoms with van der Waals surface area (Å²) in [6.45, 7) is 1.87. The van der Waals surface area contributed by atoms with Crippen molar-refractivity contribution < 1.29 is 4.39 Å². The SMILES string of the molecule is CNc1ncc(F)c(-c2ccc(C)nc2)n1. The lowest BCUT2D eigenvalue weighted by molar-refractivity contribution is 0.618. The number of aromatic nitrogens is 3. The van der Waals surface area contributed by atoms with Crippen molar-refractivity contribution in [3.8, 4) is 11.3 Å². The van der Waals surface area contributed by atoms with Crippen molar-refractivity contribution in [2.24, 2.45) is 0 Å². The van der Waals surface area contributed by atoms with Gasteiger partial charge in [-0.25, -0.2) is 14.4 Å². The number of hydrogen-bond donors (Lipinski definition) is 1. The third kappa shape index (κ3) is 1.98. The van der Waals surface area contributed by atoms with Gasteiger partial charge in [0.1, 0.15) is 5.69 Å². The Hall–Kier alpha value is -2.04. The Kier molecular flexibility index (Phi) is 2.76. The van der Waals surface area contributed by atoms with Gasteiger partial charge in [-0.1, -0.05) is 0 Å². The van der Waals surface area contributed by atoms with Crippen LogP contribution in [-0.2, 0) is 0 Å². The van der Waals surface area contributed by atoms with Gasteiger partial charge in [-0.2, -0.15) is 0 Å². The van der Waals surface area contributed by atoms with Crippen molar-refractivity contribution in [1.82, 2.24) is 15.0 Å². The summed E-state index contributed by atoms with van der Waals surface area (Å²) in [5, 5.41) is 2.77. The highest BCUT2D eigenvalue weighted by molar-refractivity contribution is 5.59. The molecule has 0 radical (unpaired) electrons. The van der Waals surface area contributed by atoms with E-state index in [2.05, 4.69) is 20.3 Å². The van der Waals surface area contributed by atoms with Crippen molar-refractivity contribution in [3.63, 3.8) is 0 Å². The summed E-state index contributed by atoms with van der Waals surface area (Å²) in [4.78, 5) is 11.9. The number of pyridine rings is 1. The molecule has 0 saturated carbocycles. The van der Waals surface area contributed by atoms with E-state index in [0.29, 0.717) is 11.5 Å². The number of halogens is 1. The first-order valence-electron chi connectivity index (χ1n) is 4.84. The first-order chi connectivity index (χ1) is 7.70. The Bertz CT molecular complexity index is 496. The van der Waals surface area contributed by atoms with Gasteiger partial charge in [-0.05, 0) is 19.1 Å². The summed E-state index contributed by atoms with van der Waals surface area (Å²) in [6, 6.07) is 3.60. The first-order valence-corrected chi connectivity index (χ1v) is 4.84. The monoisotopic (exact) mass is 218 g/mol. The minimum Gasteiger partial charge on any atom is -0.357 e. The van der Waals surface area contributed by atoms with Crippen LogP contribution >= 0.6 is 0 Å². The van der Waals surface area contributed by atoms with E-state index in [-0.39, 0.29) is 5.69 Å². The summed E-state index contributed by atoms with van der Waals surface area (Å²) in [5.41, 5.74) is 1.78. The van der Waals surface area contributed by atoms with Gasteiger partial charge in [0.2, 0.25) is 5.95 Å². The lowest BCUT2D eigenvalue weighted by atomic mass is 10.2. The largest absolute Gasteiger partial charge is 0.357 e. The van der Waals surface area contributed by atoms with Crippen molar-refractivity contribution in [2.75, 3.05) is 12.4 Å². The van der Waals surface area contributed by atoms with Crippen LogP contribution in [0.2, 0.25) is 0 Å². The maximum atomic E-state index is 13.5. The molecule has 1 N–H and O–H groups in total. The van der Waals surface area contributed by atoms with Gasteiger partial charge >= 0.3 is 0 Å². The Morgan fingerprint density at radius 2 is 2.00 bits per heavy atom. The summed E-state index contributed by atoms with van der Waals surface area (Å²) in [6.07, 6.45) is 2.74. The molecule has 0 aromatic carbocycles. The number of anilines is 1. The second-order valence-electron chi connectivity index (χ2n) is 3.33. The minimum atomic E-state index is -0.454. The predicted octanol–water partition coefficient (Wildman–Crippen LogP) is 2.03. The molecule has 0 fully saturated rings. The molecule has 0 bridgehead atoms. The van der Waals surface area contributed by atoms with E-state index in [0.717, 1.165) is 11.9 Å². The third-order valence-corrected chi connectivity index (χ3v) is 2.15. The van der Waals surface area contributed by atoms with E-state index in [9.17, 15) is 4.39 Å². The van der Waals surface area contributed by atoms with Gasteiger partial charge in [-0.15, -0.1) is 0 Å². The van der Waals surface area contributed by atoms with E-state index in [1.165, 1.54) is 0 Å². The molecule has 0 aliphatic carbocycles. The zero-order valence-corrected chi connectivity index (χ0v) is 9.03. The molecule has 0 aliphatic heterocycles. The lowest BCUT2D eigenvalue weighted by Crippen LogP contribution is -2.00. The van der Waals surface area contributed by atoms with Crippen molar-refractivity contribution in [3.05, 3.63) is 36.0 Å². The van der Waals surface area contributed by atoms with Crippen LogP contribution in [0.25, 0.3) is 11.3 Å². The number of aryl methyl sites for hydroxylation is 1. The summed E-state index contributed by atoms with van der Waals surface area (Å²) in [7, 11) is 1.68. The van der Waals surface area contributed by atoms with Crippen molar-refractivity contribution in [2.45, 2.75) is 6.92 Å². The molecular weight excluding hydrogens is 207 g/mol. The number of hydrogen-bond acceptors (Lipinski definition) is 4. The molecule has 0 spiro atoms. The molecule has 2 aromatic heterocycles. The zero-order valence-electron chi connectivity index (χ0n) is 9.03. The summed E-state index contributed by atoms with van der Waals surface area (Å²) < 4.78 is 13.5. The van der Waals surface area contributed by atoms with Crippen LogP contribution in [0.15, 0.2) is 24.5 Å². The fourth-order valence-corrected chi connectivity index (χ4v) is 1.30. The first kappa shape index (κ1) is 10.5. The molecule has 5 heteroatoms. The second kappa shape index (κ2) is 4.22. The molecular formula is C11H11FN4. The van der Waals surface area contributed by atoms with E-state index in [1.54, 1.807) is 19.3 Å². The number of rotatable bonds is 2. The second-order valence-corrected chi connectivity index (χ2v) is 3.33. The highest BCUT2D eigenvalue weighted by Gasteiger charge is 2.08. The van der Waals surface area contributed by atoms with Gasteiger partial charge < -0.3 is 5.32 Å². The predicted molar refractivity (Wildman–Crippen MR) is 59.5 cm³/mol. The van der Waals surface area contributed by atoms with E-state index < -0.39 is 5.82 Å². The smallest absolute Gasteiger partial charge is 0.223 e. The third-order valence-electron chi connectivity index (χ3n) is 2.15. The summed E-state index contributed by atoms with van der Waals surface area (Å²) >= 11 is 0. The lowest BCUT2D eigenvalue weighted by Gasteiger charge is -2.04. The van der Waals surface area contributed by atoms with Crippen molar-refractivity contribution >= 4 is 5.95 Å². The van der Waals surface area contributed by atoms with Gasteiger partial charge in [0, 0.05) is 24.5 Å². The van der Waals surface area contributed by atoms with Gasteiger partial charge in [0.25, 0.3) is 0 Å². The van der Waals surface area contributed by atoms with Crippen LogP contribution < -0.4 is 5.32 Å². The molecule has 0 aliphatic rings. The molecule has 2 rings (SSSR count). The molecule has 4 nitrogen and oxygen atoms in total.